The van der Waals surface area contributed by atoms with Gasteiger partial charge in [0.2, 0.25) is 0 Å². The number of rotatable bonds is 4. The lowest BCUT2D eigenvalue weighted by Crippen LogP contribution is -2.25. The average molecular weight is 239 g/mol. The van der Waals surface area contributed by atoms with Crippen molar-refractivity contribution >= 4 is 11.3 Å². The molecular weight excluding hydrogens is 218 g/mol. The van der Waals surface area contributed by atoms with Gasteiger partial charge < -0.3 is 4.74 Å². The first kappa shape index (κ1) is 12.1. The Morgan fingerprint density at radius 1 is 1.44 bits per heavy atom. The third-order valence-electron chi connectivity index (χ3n) is 3.31. The maximum Gasteiger partial charge on any atom is 0.125 e. The van der Waals surface area contributed by atoms with Gasteiger partial charge in [0, 0.05) is 17.7 Å². The molecule has 0 unspecified atom stereocenters. The molecule has 0 saturated heterocycles. The minimum atomic E-state index is -0.0491. The number of hydrogen-bond acceptors (Lipinski definition) is 3. The average Bonchev–Trinajstić information content (AvgIpc) is 2.85. The predicted molar refractivity (Wildman–Crippen MR) is 68.0 cm³/mol. The summed E-state index contributed by atoms with van der Waals surface area (Å²) in [7, 11) is 0. The first-order valence-electron chi connectivity index (χ1n) is 6.28. The van der Waals surface area contributed by atoms with Crippen LogP contribution < -0.4 is 0 Å². The molecule has 2 nitrogen and oxygen atoms in total. The van der Waals surface area contributed by atoms with E-state index in [2.05, 4.69) is 25.8 Å². The Morgan fingerprint density at radius 3 is 2.62 bits per heavy atom. The maximum atomic E-state index is 6.02. The van der Waals surface area contributed by atoms with Crippen molar-refractivity contribution in [2.45, 2.75) is 58.0 Å². The molecule has 1 aliphatic rings. The predicted octanol–water partition coefficient (Wildman–Crippen LogP) is 4.07. The maximum absolute atomic E-state index is 6.02. The van der Waals surface area contributed by atoms with E-state index in [1.54, 1.807) is 0 Å². The van der Waals surface area contributed by atoms with Crippen molar-refractivity contribution in [3.63, 3.8) is 0 Å². The lowest BCUT2D eigenvalue weighted by molar-refractivity contribution is -0.0391. The molecule has 1 aromatic heterocycles. The van der Waals surface area contributed by atoms with Gasteiger partial charge in [-0.25, -0.2) is 4.98 Å². The van der Waals surface area contributed by atoms with Gasteiger partial charge in [0.25, 0.3) is 0 Å². The van der Waals surface area contributed by atoms with Crippen LogP contribution in [0.15, 0.2) is 6.20 Å². The number of aromatic nitrogens is 1. The number of ether oxygens (including phenoxy) is 1. The lowest BCUT2D eigenvalue weighted by atomic mass is 10.0. The summed E-state index contributed by atoms with van der Waals surface area (Å²) < 4.78 is 6.02. The summed E-state index contributed by atoms with van der Waals surface area (Å²) >= 11 is 1.84. The molecule has 90 valence electrons. The Bertz CT molecular complexity index is 339. The van der Waals surface area contributed by atoms with E-state index in [0.717, 1.165) is 19.4 Å². The third-order valence-corrected chi connectivity index (χ3v) is 4.80. The van der Waals surface area contributed by atoms with Crippen LogP contribution in [-0.2, 0) is 10.3 Å². The Labute approximate surface area is 102 Å². The summed E-state index contributed by atoms with van der Waals surface area (Å²) in [5.41, 5.74) is -0.0491. The van der Waals surface area contributed by atoms with Crippen molar-refractivity contribution in [3.05, 3.63) is 16.1 Å². The Kier molecular flexibility index (Phi) is 3.65. The minimum absolute atomic E-state index is 0.0491. The van der Waals surface area contributed by atoms with Crippen molar-refractivity contribution in [2.24, 2.45) is 0 Å². The summed E-state index contributed by atoms with van der Waals surface area (Å²) in [6, 6.07) is 0. The van der Waals surface area contributed by atoms with Crippen LogP contribution in [0.2, 0.25) is 0 Å². The van der Waals surface area contributed by atoms with Crippen LogP contribution in [0.5, 0.6) is 0 Å². The zero-order valence-corrected chi connectivity index (χ0v) is 11.3. The van der Waals surface area contributed by atoms with Gasteiger partial charge >= 0.3 is 0 Å². The molecule has 1 aliphatic carbocycles. The van der Waals surface area contributed by atoms with E-state index < -0.39 is 0 Å². The molecule has 0 aliphatic heterocycles. The molecular formula is C13H21NOS. The Hall–Kier alpha value is -0.410. The quantitative estimate of drug-likeness (QED) is 0.790. The minimum Gasteiger partial charge on any atom is -0.368 e. The molecule has 0 aromatic carbocycles. The largest absolute Gasteiger partial charge is 0.368 e. The summed E-state index contributed by atoms with van der Waals surface area (Å²) in [5.74, 6) is 0.575. The van der Waals surface area contributed by atoms with Crippen molar-refractivity contribution in [1.82, 2.24) is 4.98 Å². The molecule has 1 aromatic rings. The van der Waals surface area contributed by atoms with Gasteiger partial charge in [-0.1, -0.05) is 26.7 Å². The molecule has 0 radical (unpaired) electrons. The molecule has 1 fully saturated rings. The van der Waals surface area contributed by atoms with E-state index in [1.165, 1.54) is 22.7 Å². The summed E-state index contributed by atoms with van der Waals surface area (Å²) in [4.78, 5) is 5.98. The molecule has 3 heteroatoms. The molecule has 0 bridgehead atoms. The highest BCUT2D eigenvalue weighted by molar-refractivity contribution is 7.11. The normalized spacial score (nSPS) is 19.5. The van der Waals surface area contributed by atoms with E-state index in [9.17, 15) is 0 Å². The van der Waals surface area contributed by atoms with Gasteiger partial charge in [0.1, 0.15) is 10.6 Å². The fraction of sp³-hybridized carbons (Fsp3) is 0.769. The zero-order chi connectivity index (χ0) is 11.6. The van der Waals surface area contributed by atoms with E-state index in [-0.39, 0.29) is 5.60 Å². The van der Waals surface area contributed by atoms with Crippen LogP contribution in [0.4, 0.5) is 0 Å². The van der Waals surface area contributed by atoms with Crippen LogP contribution in [-0.4, -0.2) is 11.6 Å². The van der Waals surface area contributed by atoms with E-state index in [4.69, 9.17) is 4.74 Å². The fourth-order valence-electron chi connectivity index (χ4n) is 2.41. The van der Waals surface area contributed by atoms with Crippen molar-refractivity contribution in [2.75, 3.05) is 6.61 Å². The summed E-state index contributed by atoms with van der Waals surface area (Å²) in [6.07, 6.45) is 6.87. The van der Waals surface area contributed by atoms with Crippen molar-refractivity contribution in [3.8, 4) is 0 Å². The fourth-order valence-corrected chi connectivity index (χ4v) is 3.53. The molecule has 0 atom stereocenters. The van der Waals surface area contributed by atoms with Crippen LogP contribution in [0.1, 0.15) is 62.3 Å². The standard InChI is InChI=1S/C13H21NOS/c1-4-15-13(7-5-6-8-13)12-14-9-11(16-12)10(2)3/h9-10H,4-8H2,1-3H3. The molecule has 0 spiro atoms. The monoisotopic (exact) mass is 239 g/mol. The summed E-state index contributed by atoms with van der Waals surface area (Å²) in [5, 5.41) is 1.20. The number of hydrogen-bond donors (Lipinski definition) is 0. The van der Waals surface area contributed by atoms with Crippen molar-refractivity contribution in [1.29, 1.82) is 0 Å². The van der Waals surface area contributed by atoms with Crippen molar-refractivity contribution < 1.29 is 4.74 Å². The molecule has 16 heavy (non-hydrogen) atoms. The molecule has 1 heterocycles. The smallest absolute Gasteiger partial charge is 0.125 e. The van der Waals surface area contributed by atoms with Gasteiger partial charge in [-0.3, -0.25) is 0 Å². The second kappa shape index (κ2) is 4.84. The highest BCUT2D eigenvalue weighted by atomic mass is 32.1. The molecule has 0 N–H and O–H groups in total. The molecule has 0 amide bonds. The third kappa shape index (κ3) is 2.16. The van der Waals surface area contributed by atoms with Crippen LogP contribution in [0.3, 0.4) is 0 Å². The molecule has 2 rings (SSSR count). The Balaban J connectivity index is 2.24. The van der Waals surface area contributed by atoms with Gasteiger partial charge in [0.05, 0.1) is 0 Å². The van der Waals surface area contributed by atoms with E-state index in [0.29, 0.717) is 5.92 Å². The van der Waals surface area contributed by atoms with Gasteiger partial charge in [-0.15, -0.1) is 11.3 Å². The summed E-state index contributed by atoms with van der Waals surface area (Å²) in [6.45, 7) is 7.31. The highest BCUT2D eigenvalue weighted by Gasteiger charge is 2.39. The topological polar surface area (TPSA) is 22.1 Å². The van der Waals surface area contributed by atoms with Gasteiger partial charge in [-0.05, 0) is 25.7 Å². The zero-order valence-electron chi connectivity index (χ0n) is 10.5. The van der Waals surface area contributed by atoms with E-state index in [1.807, 2.05) is 17.5 Å². The Morgan fingerprint density at radius 2 is 2.12 bits per heavy atom. The second-order valence-electron chi connectivity index (χ2n) is 4.86. The van der Waals surface area contributed by atoms with Crippen LogP contribution in [0, 0.1) is 0 Å². The lowest BCUT2D eigenvalue weighted by Gasteiger charge is -2.26. The number of nitrogens with zero attached hydrogens (tertiary/aromatic N) is 1. The second-order valence-corrected chi connectivity index (χ2v) is 5.92. The van der Waals surface area contributed by atoms with E-state index >= 15 is 0 Å². The van der Waals surface area contributed by atoms with Gasteiger partial charge in [0.15, 0.2) is 0 Å². The van der Waals surface area contributed by atoms with Crippen LogP contribution in [0.25, 0.3) is 0 Å². The SMILES string of the molecule is CCOC1(c2ncc(C(C)C)s2)CCCC1. The number of thiazole rings is 1. The van der Waals surface area contributed by atoms with Crippen LogP contribution >= 0.6 is 11.3 Å². The highest BCUT2D eigenvalue weighted by Crippen LogP contribution is 2.44. The first-order valence-corrected chi connectivity index (χ1v) is 7.10. The molecule has 1 saturated carbocycles. The van der Waals surface area contributed by atoms with Gasteiger partial charge in [-0.2, -0.15) is 0 Å². The first-order chi connectivity index (χ1) is 7.68.